The maximum absolute atomic E-state index is 11.2. The molecular weight excluding hydrogens is 144 g/mol. The van der Waals surface area contributed by atoms with Gasteiger partial charge in [0.05, 0.1) is 19.3 Å². The molecule has 0 aromatic carbocycles. The van der Waals surface area contributed by atoms with Crippen molar-refractivity contribution in [1.29, 1.82) is 0 Å². The van der Waals surface area contributed by atoms with E-state index in [0.717, 1.165) is 0 Å². The van der Waals surface area contributed by atoms with Crippen molar-refractivity contribution in [3.63, 3.8) is 0 Å². The van der Waals surface area contributed by atoms with Crippen molar-refractivity contribution in [2.24, 2.45) is 5.73 Å². The number of carbonyl (C=O) groups excluding carboxylic acids is 1. The van der Waals surface area contributed by atoms with Gasteiger partial charge < -0.3 is 15.4 Å². The van der Waals surface area contributed by atoms with Crippen molar-refractivity contribution < 1.29 is 9.53 Å². The van der Waals surface area contributed by atoms with Crippen molar-refractivity contribution in [2.45, 2.75) is 18.5 Å². The average molecular weight is 156 g/mol. The van der Waals surface area contributed by atoms with E-state index in [2.05, 4.69) is 0 Å². The van der Waals surface area contributed by atoms with Gasteiger partial charge in [0.25, 0.3) is 0 Å². The van der Waals surface area contributed by atoms with Gasteiger partial charge in [0, 0.05) is 19.0 Å². The third kappa shape index (κ3) is 1.12. The number of nitrogens with two attached hydrogens (primary N) is 1. The minimum absolute atomic E-state index is 0.0445. The van der Waals surface area contributed by atoms with Crippen molar-refractivity contribution in [1.82, 2.24) is 4.90 Å². The molecule has 4 nitrogen and oxygen atoms in total. The first-order valence-corrected chi connectivity index (χ1v) is 3.90. The summed E-state index contributed by atoms with van der Waals surface area (Å²) in [4.78, 5) is 13.1. The van der Waals surface area contributed by atoms with Gasteiger partial charge in [0.2, 0.25) is 5.91 Å². The van der Waals surface area contributed by atoms with Crippen LogP contribution in [-0.4, -0.2) is 42.6 Å². The molecule has 1 atom stereocenters. The summed E-state index contributed by atoms with van der Waals surface area (Å²) >= 11 is 0. The van der Waals surface area contributed by atoms with Gasteiger partial charge in [0.1, 0.15) is 0 Å². The Morgan fingerprint density at radius 1 is 1.55 bits per heavy atom. The van der Waals surface area contributed by atoms with Crippen LogP contribution in [0.15, 0.2) is 0 Å². The first kappa shape index (κ1) is 7.06. The van der Waals surface area contributed by atoms with E-state index < -0.39 is 0 Å². The van der Waals surface area contributed by atoms with Crippen LogP contribution in [-0.2, 0) is 9.53 Å². The number of rotatable bonds is 1. The van der Waals surface area contributed by atoms with Crippen molar-refractivity contribution in [3.8, 4) is 0 Å². The largest absolute Gasteiger partial charge is 0.377 e. The lowest BCUT2D eigenvalue weighted by molar-refractivity contribution is -0.139. The van der Waals surface area contributed by atoms with Gasteiger partial charge in [-0.05, 0) is 0 Å². The number of amides is 1. The molecular formula is C7H12N2O2. The van der Waals surface area contributed by atoms with E-state index in [1.165, 1.54) is 0 Å². The average Bonchev–Trinajstić information content (AvgIpc) is 2.07. The Balaban J connectivity index is 1.97. The molecule has 0 bridgehead atoms. The fraction of sp³-hybridized carbons (Fsp3) is 0.857. The lowest BCUT2D eigenvalue weighted by atomic mass is 10.2. The maximum Gasteiger partial charge on any atom is 0.224 e. The Morgan fingerprint density at radius 3 is 2.64 bits per heavy atom. The molecule has 0 radical (unpaired) electrons. The molecule has 0 saturated carbocycles. The van der Waals surface area contributed by atoms with E-state index in [1.807, 2.05) is 4.90 Å². The molecule has 2 rings (SSSR count). The van der Waals surface area contributed by atoms with Crippen LogP contribution in [0.3, 0.4) is 0 Å². The summed E-state index contributed by atoms with van der Waals surface area (Å²) in [6.45, 7) is 2.10. The quantitative estimate of drug-likeness (QED) is 0.526. The van der Waals surface area contributed by atoms with E-state index in [1.54, 1.807) is 0 Å². The van der Waals surface area contributed by atoms with Gasteiger partial charge in [-0.25, -0.2) is 0 Å². The molecule has 62 valence electrons. The van der Waals surface area contributed by atoms with Crippen LogP contribution in [0.1, 0.15) is 6.42 Å². The fourth-order valence-corrected chi connectivity index (χ4v) is 1.52. The van der Waals surface area contributed by atoms with Gasteiger partial charge in [0.15, 0.2) is 0 Å². The minimum atomic E-state index is 0.0445. The first-order chi connectivity index (χ1) is 5.27. The first-order valence-electron chi connectivity index (χ1n) is 3.90. The fourth-order valence-electron chi connectivity index (χ4n) is 1.52. The molecule has 1 unspecified atom stereocenters. The number of hydrogen-bond donors (Lipinski definition) is 1. The molecule has 0 spiro atoms. The van der Waals surface area contributed by atoms with Gasteiger partial charge in [-0.2, -0.15) is 0 Å². The molecule has 2 N–H and O–H groups in total. The smallest absolute Gasteiger partial charge is 0.224 e. The Hall–Kier alpha value is -0.610. The van der Waals surface area contributed by atoms with E-state index >= 15 is 0 Å². The monoisotopic (exact) mass is 156 g/mol. The highest BCUT2D eigenvalue weighted by molar-refractivity contribution is 5.79. The van der Waals surface area contributed by atoms with E-state index in [-0.39, 0.29) is 11.9 Å². The molecule has 0 aromatic rings. The highest BCUT2D eigenvalue weighted by Crippen LogP contribution is 2.17. The van der Waals surface area contributed by atoms with Crippen LogP contribution in [0.5, 0.6) is 0 Å². The van der Waals surface area contributed by atoms with Crippen LogP contribution in [0.2, 0.25) is 0 Å². The second-order valence-corrected chi connectivity index (χ2v) is 3.20. The number of hydrogen-bond acceptors (Lipinski definition) is 3. The summed E-state index contributed by atoms with van der Waals surface area (Å²) in [5.74, 6) is 0.186. The Labute approximate surface area is 65.3 Å². The summed E-state index contributed by atoms with van der Waals surface area (Å²) in [5.41, 5.74) is 5.63. The van der Waals surface area contributed by atoms with E-state index in [0.29, 0.717) is 32.2 Å². The number of ether oxygens (including phenoxy) is 1. The predicted octanol–water partition coefficient (Wildman–Crippen LogP) is -1.06. The molecule has 11 heavy (non-hydrogen) atoms. The molecule has 4 heteroatoms. The zero-order chi connectivity index (χ0) is 7.84. The highest BCUT2D eigenvalue weighted by atomic mass is 16.5. The van der Waals surface area contributed by atoms with Crippen LogP contribution >= 0.6 is 0 Å². The summed E-state index contributed by atoms with van der Waals surface area (Å²) in [7, 11) is 0. The normalized spacial score (nSPS) is 32.6. The zero-order valence-corrected chi connectivity index (χ0v) is 6.32. The number of likely N-dealkylation sites (tertiary alicyclic amines) is 1. The Bertz CT molecular complexity index is 179. The second kappa shape index (κ2) is 2.46. The van der Waals surface area contributed by atoms with E-state index in [9.17, 15) is 4.79 Å². The van der Waals surface area contributed by atoms with Crippen LogP contribution in [0, 0.1) is 0 Å². The third-order valence-corrected chi connectivity index (χ3v) is 2.25. The predicted molar refractivity (Wildman–Crippen MR) is 38.9 cm³/mol. The van der Waals surface area contributed by atoms with E-state index in [4.69, 9.17) is 10.5 Å². The van der Waals surface area contributed by atoms with Gasteiger partial charge >= 0.3 is 0 Å². The third-order valence-electron chi connectivity index (χ3n) is 2.25. The van der Waals surface area contributed by atoms with Crippen molar-refractivity contribution >= 4 is 5.91 Å². The Morgan fingerprint density at radius 2 is 2.27 bits per heavy atom. The van der Waals surface area contributed by atoms with Crippen molar-refractivity contribution in [3.05, 3.63) is 0 Å². The second-order valence-electron chi connectivity index (χ2n) is 3.20. The molecule has 2 aliphatic rings. The molecule has 2 heterocycles. The summed E-state index contributed by atoms with van der Waals surface area (Å²) < 4.78 is 5.00. The maximum atomic E-state index is 11.2. The summed E-state index contributed by atoms with van der Waals surface area (Å²) in [5, 5.41) is 0. The van der Waals surface area contributed by atoms with Gasteiger partial charge in [-0.15, -0.1) is 0 Å². The standard InChI is InChI=1S/C7H12N2O2/c8-5-1-7(10)9(2-5)6-3-11-4-6/h5-6H,1-4,8H2. The van der Waals surface area contributed by atoms with Crippen LogP contribution in [0.4, 0.5) is 0 Å². The topological polar surface area (TPSA) is 55.6 Å². The number of carbonyl (C=O) groups is 1. The molecule has 2 aliphatic heterocycles. The lowest BCUT2D eigenvalue weighted by Gasteiger charge is -2.34. The van der Waals surface area contributed by atoms with Gasteiger partial charge in [-0.1, -0.05) is 0 Å². The summed E-state index contributed by atoms with van der Waals surface area (Å²) in [6.07, 6.45) is 0.510. The van der Waals surface area contributed by atoms with Crippen molar-refractivity contribution in [2.75, 3.05) is 19.8 Å². The molecule has 0 aromatic heterocycles. The minimum Gasteiger partial charge on any atom is -0.377 e. The highest BCUT2D eigenvalue weighted by Gasteiger charge is 2.35. The van der Waals surface area contributed by atoms with Gasteiger partial charge in [-0.3, -0.25) is 4.79 Å². The molecule has 2 saturated heterocycles. The summed E-state index contributed by atoms with van der Waals surface area (Å²) in [6, 6.07) is 0.360. The SMILES string of the molecule is NC1CC(=O)N(C2COC2)C1. The zero-order valence-electron chi connectivity index (χ0n) is 6.32. The van der Waals surface area contributed by atoms with Crippen LogP contribution < -0.4 is 5.73 Å². The molecule has 0 aliphatic carbocycles. The lowest BCUT2D eigenvalue weighted by Crippen LogP contribution is -2.50. The molecule has 2 fully saturated rings. The van der Waals surface area contributed by atoms with Crippen LogP contribution in [0.25, 0.3) is 0 Å². The number of nitrogens with zero attached hydrogens (tertiary/aromatic N) is 1. The Kier molecular flexibility index (Phi) is 1.58. The molecule has 1 amide bonds.